The summed E-state index contributed by atoms with van der Waals surface area (Å²) >= 11 is 3.44. The molecule has 1 unspecified atom stereocenters. The fourth-order valence-electron chi connectivity index (χ4n) is 2.93. The van der Waals surface area contributed by atoms with E-state index in [0.717, 1.165) is 47.6 Å². The molecule has 138 valence electrons. The van der Waals surface area contributed by atoms with Crippen molar-refractivity contribution in [2.75, 3.05) is 37.7 Å². The number of benzene rings is 2. The van der Waals surface area contributed by atoms with E-state index in [0.29, 0.717) is 0 Å². The van der Waals surface area contributed by atoms with E-state index in [1.54, 1.807) is 0 Å². The molecular formula is C20H23BrN2O3. The molecule has 1 heterocycles. The standard InChI is InChI=1S/C20H23BrN2O3/c21-18-4-2-1-3-16(18)13-20(25)22-14-19(24)15-5-7-17(8-6-15)23-9-11-26-12-10-23/h1-8,19,24H,9-14H2,(H,22,25). The molecule has 2 aromatic rings. The maximum atomic E-state index is 12.1. The Morgan fingerprint density at radius 3 is 2.54 bits per heavy atom. The van der Waals surface area contributed by atoms with Crippen molar-refractivity contribution in [3.8, 4) is 0 Å². The summed E-state index contributed by atoms with van der Waals surface area (Å²) in [6.07, 6.45) is -0.443. The molecule has 6 heteroatoms. The van der Waals surface area contributed by atoms with E-state index in [2.05, 4.69) is 26.1 Å². The number of halogens is 1. The van der Waals surface area contributed by atoms with Crippen molar-refractivity contribution in [1.29, 1.82) is 0 Å². The maximum Gasteiger partial charge on any atom is 0.224 e. The third-order valence-electron chi connectivity index (χ3n) is 4.46. The van der Waals surface area contributed by atoms with E-state index < -0.39 is 6.10 Å². The first-order chi connectivity index (χ1) is 12.6. The Morgan fingerprint density at radius 2 is 1.85 bits per heavy atom. The highest BCUT2D eigenvalue weighted by molar-refractivity contribution is 9.10. The molecule has 5 nitrogen and oxygen atoms in total. The zero-order valence-corrected chi connectivity index (χ0v) is 16.1. The lowest BCUT2D eigenvalue weighted by Crippen LogP contribution is -2.36. The molecule has 2 N–H and O–H groups in total. The summed E-state index contributed by atoms with van der Waals surface area (Å²) in [6, 6.07) is 15.5. The lowest BCUT2D eigenvalue weighted by atomic mass is 10.1. The highest BCUT2D eigenvalue weighted by atomic mass is 79.9. The fraction of sp³-hybridized carbons (Fsp3) is 0.350. The van der Waals surface area contributed by atoms with Crippen LogP contribution in [0.5, 0.6) is 0 Å². The van der Waals surface area contributed by atoms with E-state index in [9.17, 15) is 9.90 Å². The molecule has 0 saturated carbocycles. The van der Waals surface area contributed by atoms with Gasteiger partial charge >= 0.3 is 0 Å². The van der Waals surface area contributed by atoms with Crippen LogP contribution >= 0.6 is 15.9 Å². The van der Waals surface area contributed by atoms with Crippen molar-refractivity contribution in [1.82, 2.24) is 5.32 Å². The topological polar surface area (TPSA) is 61.8 Å². The molecule has 0 radical (unpaired) electrons. The maximum absolute atomic E-state index is 12.1. The van der Waals surface area contributed by atoms with Crippen LogP contribution in [0.15, 0.2) is 53.0 Å². The van der Waals surface area contributed by atoms with Crippen LogP contribution in [0.4, 0.5) is 5.69 Å². The van der Waals surface area contributed by atoms with Crippen molar-refractivity contribution in [3.63, 3.8) is 0 Å². The Balaban J connectivity index is 1.50. The van der Waals surface area contributed by atoms with E-state index in [-0.39, 0.29) is 18.9 Å². The summed E-state index contributed by atoms with van der Waals surface area (Å²) in [5, 5.41) is 13.1. The second-order valence-corrected chi connectivity index (χ2v) is 7.13. The summed E-state index contributed by atoms with van der Waals surface area (Å²) in [6.45, 7) is 3.45. The first-order valence-electron chi connectivity index (χ1n) is 8.74. The van der Waals surface area contributed by atoms with Gasteiger partial charge in [-0.2, -0.15) is 0 Å². The number of carbonyl (C=O) groups excluding carboxylic acids is 1. The summed E-state index contributed by atoms with van der Waals surface area (Å²) in [5.41, 5.74) is 2.85. The summed E-state index contributed by atoms with van der Waals surface area (Å²) in [7, 11) is 0. The number of hydrogen-bond acceptors (Lipinski definition) is 4. The molecule has 1 amide bonds. The van der Waals surface area contributed by atoms with Crippen LogP contribution in [-0.2, 0) is 16.0 Å². The number of aliphatic hydroxyl groups excluding tert-OH is 1. The molecule has 3 rings (SSSR count). The molecule has 0 spiro atoms. The third-order valence-corrected chi connectivity index (χ3v) is 5.23. The van der Waals surface area contributed by atoms with Gasteiger partial charge in [-0.25, -0.2) is 0 Å². The quantitative estimate of drug-likeness (QED) is 0.756. The van der Waals surface area contributed by atoms with Crippen LogP contribution < -0.4 is 10.2 Å². The minimum atomic E-state index is -0.725. The second kappa shape index (κ2) is 9.16. The number of aliphatic hydroxyl groups is 1. The van der Waals surface area contributed by atoms with Gasteiger partial charge < -0.3 is 20.1 Å². The van der Waals surface area contributed by atoms with Crippen molar-refractivity contribution in [3.05, 3.63) is 64.1 Å². The Morgan fingerprint density at radius 1 is 1.15 bits per heavy atom. The van der Waals surface area contributed by atoms with E-state index >= 15 is 0 Å². The average molecular weight is 419 g/mol. The number of amides is 1. The number of nitrogens with zero attached hydrogens (tertiary/aromatic N) is 1. The minimum Gasteiger partial charge on any atom is -0.387 e. The van der Waals surface area contributed by atoms with Crippen molar-refractivity contribution < 1.29 is 14.6 Å². The van der Waals surface area contributed by atoms with Crippen molar-refractivity contribution in [2.24, 2.45) is 0 Å². The monoisotopic (exact) mass is 418 g/mol. The zero-order valence-electron chi connectivity index (χ0n) is 14.5. The van der Waals surface area contributed by atoms with Gasteiger partial charge in [0.25, 0.3) is 0 Å². The molecule has 1 atom stereocenters. The van der Waals surface area contributed by atoms with Gasteiger partial charge in [0.1, 0.15) is 0 Å². The molecular weight excluding hydrogens is 396 g/mol. The predicted molar refractivity (Wildman–Crippen MR) is 105 cm³/mol. The lowest BCUT2D eigenvalue weighted by molar-refractivity contribution is -0.120. The number of carbonyl (C=O) groups is 1. The van der Waals surface area contributed by atoms with Crippen LogP contribution in [0.2, 0.25) is 0 Å². The van der Waals surface area contributed by atoms with Gasteiger partial charge in [-0.05, 0) is 29.3 Å². The first kappa shape index (κ1) is 18.9. The smallest absolute Gasteiger partial charge is 0.224 e. The van der Waals surface area contributed by atoms with Crippen molar-refractivity contribution >= 4 is 27.5 Å². The number of anilines is 1. The summed E-state index contributed by atoms with van der Waals surface area (Å²) in [5.74, 6) is -0.110. The Bertz CT molecular complexity index is 730. The largest absolute Gasteiger partial charge is 0.387 e. The lowest BCUT2D eigenvalue weighted by Gasteiger charge is -2.29. The second-order valence-electron chi connectivity index (χ2n) is 6.28. The normalized spacial score (nSPS) is 15.5. The first-order valence-corrected chi connectivity index (χ1v) is 9.53. The van der Waals surface area contributed by atoms with E-state index in [1.165, 1.54) is 0 Å². The molecule has 2 aromatic carbocycles. The number of morpholine rings is 1. The SMILES string of the molecule is O=C(Cc1ccccc1Br)NCC(O)c1ccc(N2CCOCC2)cc1. The Labute approximate surface area is 162 Å². The Hall–Kier alpha value is -1.89. The van der Waals surface area contributed by atoms with Gasteiger partial charge in [-0.15, -0.1) is 0 Å². The molecule has 0 bridgehead atoms. The van der Waals surface area contributed by atoms with Crippen LogP contribution in [0.3, 0.4) is 0 Å². The summed E-state index contributed by atoms with van der Waals surface area (Å²) in [4.78, 5) is 14.4. The van der Waals surface area contributed by atoms with E-state index in [1.807, 2.05) is 48.5 Å². The molecule has 1 saturated heterocycles. The van der Waals surface area contributed by atoms with Gasteiger partial charge in [0.15, 0.2) is 0 Å². The predicted octanol–water partition coefficient (Wildman–Crippen LogP) is 2.68. The minimum absolute atomic E-state index is 0.110. The molecule has 1 fully saturated rings. The van der Waals surface area contributed by atoms with Gasteiger partial charge in [-0.1, -0.05) is 46.3 Å². The number of hydrogen-bond donors (Lipinski definition) is 2. The molecule has 0 aliphatic carbocycles. The number of rotatable bonds is 6. The van der Waals surface area contributed by atoms with E-state index in [4.69, 9.17) is 4.74 Å². The highest BCUT2D eigenvalue weighted by Crippen LogP contribution is 2.20. The Kier molecular flexibility index (Phi) is 6.66. The highest BCUT2D eigenvalue weighted by Gasteiger charge is 2.14. The van der Waals surface area contributed by atoms with Crippen molar-refractivity contribution in [2.45, 2.75) is 12.5 Å². The van der Waals surface area contributed by atoms with Crippen LogP contribution in [0.25, 0.3) is 0 Å². The summed E-state index contributed by atoms with van der Waals surface area (Å²) < 4.78 is 6.27. The molecule has 0 aromatic heterocycles. The number of nitrogens with one attached hydrogen (secondary N) is 1. The average Bonchev–Trinajstić information content (AvgIpc) is 2.69. The van der Waals surface area contributed by atoms with Gasteiger partial charge in [-0.3, -0.25) is 4.79 Å². The zero-order chi connectivity index (χ0) is 18.4. The molecule has 1 aliphatic rings. The van der Waals surface area contributed by atoms with Crippen LogP contribution in [-0.4, -0.2) is 43.9 Å². The van der Waals surface area contributed by atoms with Gasteiger partial charge in [0, 0.05) is 29.8 Å². The molecule has 1 aliphatic heterocycles. The van der Waals surface area contributed by atoms with Crippen LogP contribution in [0, 0.1) is 0 Å². The van der Waals surface area contributed by atoms with Gasteiger partial charge in [0.2, 0.25) is 5.91 Å². The molecule has 26 heavy (non-hydrogen) atoms. The van der Waals surface area contributed by atoms with Crippen LogP contribution in [0.1, 0.15) is 17.2 Å². The fourth-order valence-corrected chi connectivity index (χ4v) is 3.36. The third kappa shape index (κ3) is 5.06. The van der Waals surface area contributed by atoms with Gasteiger partial charge in [0.05, 0.1) is 25.7 Å². The number of ether oxygens (including phenoxy) is 1.